The number of guanidine groups is 1. The van der Waals surface area contributed by atoms with Crippen LogP contribution in [0.25, 0.3) is 0 Å². The molecule has 1 aromatic rings. The van der Waals surface area contributed by atoms with Gasteiger partial charge in [-0.15, -0.1) is 24.0 Å². The molecule has 1 N–H and O–H groups in total. The van der Waals surface area contributed by atoms with Crippen molar-refractivity contribution in [2.24, 2.45) is 10.9 Å². The van der Waals surface area contributed by atoms with Crippen LogP contribution >= 0.6 is 24.0 Å². The molecule has 0 aliphatic carbocycles. The first-order chi connectivity index (χ1) is 13.9. The van der Waals surface area contributed by atoms with Gasteiger partial charge in [-0.2, -0.15) is 13.2 Å². The summed E-state index contributed by atoms with van der Waals surface area (Å²) in [5.74, 6) is 1.53. The van der Waals surface area contributed by atoms with Crippen molar-refractivity contribution in [1.82, 2.24) is 15.1 Å². The van der Waals surface area contributed by atoms with Gasteiger partial charge in [-0.3, -0.25) is 4.99 Å². The standard InChI is InChI=1S/C21H32F3N5.HI/c1-3-25-20(26-15-17-8-9-27(4-2)16-17)29-12-10-28(11-13-29)19-7-5-6-18(14-19)21(22,23)24;/h5-7,14,17H,3-4,8-13,15-16H2,1-2H3,(H,25,26);1H. The lowest BCUT2D eigenvalue weighted by molar-refractivity contribution is -0.137. The SMILES string of the molecule is CCNC(=NCC1CCN(CC)C1)N1CCN(c2cccc(C(F)(F)F)c2)CC1.I. The Kier molecular flexibility index (Phi) is 9.52. The third-order valence-electron chi connectivity index (χ3n) is 5.77. The fourth-order valence-electron chi connectivity index (χ4n) is 4.05. The van der Waals surface area contributed by atoms with Crippen LogP contribution in [0.2, 0.25) is 0 Å². The predicted molar refractivity (Wildman–Crippen MR) is 127 cm³/mol. The summed E-state index contributed by atoms with van der Waals surface area (Å²) < 4.78 is 39.0. The highest BCUT2D eigenvalue weighted by Gasteiger charge is 2.31. The third kappa shape index (κ3) is 6.63. The molecule has 2 aliphatic rings. The van der Waals surface area contributed by atoms with E-state index in [2.05, 4.69) is 29.0 Å². The minimum absolute atomic E-state index is 0. The fourth-order valence-corrected chi connectivity index (χ4v) is 4.05. The summed E-state index contributed by atoms with van der Waals surface area (Å²) in [7, 11) is 0. The van der Waals surface area contributed by atoms with E-state index < -0.39 is 11.7 Å². The molecule has 1 aromatic carbocycles. The molecule has 170 valence electrons. The molecule has 3 rings (SSSR count). The van der Waals surface area contributed by atoms with E-state index in [1.54, 1.807) is 6.07 Å². The van der Waals surface area contributed by atoms with Crippen molar-refractivity contribution >= 4 is 35.6 Å². The number of hydrogen-bond acceptors (Lipinski definition) is 3. The van der Waals surface area contributed by atoms with Crippen molar-refractivity contribution in [1.29, 1.82) is 0 Å². The molecule has 2 saturated heterocycles. The van der Waals surface area contributed by atoms with Gasteiger partial charge in [0.1, 0.15) is 0 Å². The van der Waals surface area contributed by atoms with Gasteiger partial charge in [0.25, 0.3) is 0 Å². The molecule has 1 atom stereocenters. The monoisotopic (exact) mass is 539 g/mol. The maximum Gasteiger partial charge on any atom is 0.416 e. The Morgan fingerprint density at radius 3 is 2.47 bits per heavy atom. The van der Waals surface area contributed by atoms with Gasteiger partial charge in [0, 0.05) is 51.5 Å². The van der Waals surface area contributed by atoms with Crippen LogP contribution in [0.5, 0.6) is 0 Å². The highest BCUT2D eigenvalue weighted by Crippen LogP contribution is 2.31. The molecule has 0 amide bonds. The molecule has 1 unspecified atom stereocenters. The number of aliphatic imine (C=N–C) groups is 1. The Hall–Kier alpha value is -1.23. The number of alkyl halides is 3. The molecular formula is C21H33F3IN5. The smallest absolute Gasteiger partial charge is 0.368 e. The lowest BCUT2D eigenvalue weighted by Gasteiger charge is -2.38. The van der Waals surface area contributed by atoms with Crippen LogP contribution in [0.15, 0.2) is 29.3 Å². The van der Waals surface area contributed by atoms with Crippen LogP contribution in [0, 0.1) is 5.92 Å². The number of anilines is 1. The summed E-state index contributed by atoms with van der Waals surface area (Å²) in [4.78, 5) is 11.6. The molecule has 2 fully saturated rings. The van der Waals surface area contributed by atoms with E-state index in [4.69, 9.17) is 4.99 Å². The molecule has 0 bridgehead atoms. The Morgan fingerprint density at radius 1 is 1.13 bits per heavy atom. The van der Waals surface area contributed by atoms with Crippen molar-refractivity contribution in [3.63, 3.8) is 0 Å². The normalized spacial score (nSPS) is 21.0. The Bertz CT molecular complexity index is 689. The maximum absolute atomic E-state index is 13.0. The van der Waals surface area contributed by atoms with Crippen molar-refractivity contribution in [2.75, 3.05) is 63.8 Å². The average Bonchev–Trinajstić information content (AvgIpc) is 3.19. The number of nitrogens with zero attached hydrogens (tertiary/aromatic N) is 4. The number of hydrogen-bond donors (Lipinski definition) is 1. The van der Waals surface area contributed by atoms with E-state index in [1.165, 1.54) is 18.6 Å². The van der Waals surface area contributed by atoms with Crippen LogP contribution in [0.1, 0.15) is 25.8 Å². The molecule has 2 heterocycles. The minimum atomic E-state index is -4.31. The van der Waals surface area contributed by atoms with Crippen LogP contribution in [0.4, 0.5) is 18.9 Å². The van der Waals surface area contributed by atoms with Gasteiger partial charge in [0.2, 0.25) is 0 Å². The Morgan fingerprint density at radius 2 is 1.87 bits per heavy atom. The van der Waals surface area contributed by atoms with Gasteiger partial charge in [0.15, 0.2) is 5.96 Å². The van der Waals surface area contributed by atoms with Crippen molar-refractivity contribution in [3.8, 4) is 0 Å². The quantitative estimate of drug-likeness (QED) is 0.351. The van der Waals surface area contributed by atoms with E-state index in [1.807, 2.05) is 4.90 Å². The van der Waals surface area contributed by atoms with Crippen LogP contribution in [-0.4, -0.2) is 74.7 Å². The largest absolute Gasteiger partial charge is 0.416 e. The second kappa shape index (κ2) is 11.4. The van der Waals surface area contributed by atoms with E-state index in [0.717, 1.165) is 57.8 Å². The van der Waals surface area contributed by atoms with Crippen LogP contribution in [0.3, 0.4) is 0 Å². The van der Waals surface area contributed by atoms with E-state index in [9.17, 15) is 13.2 Å². The topological polar surface area (TPSA) is 34.1 Å². The van der Waals surface area contributed by atoms with Gasteiger partial charge in [-0.25, -0.2) is 0 Å². The third-order valence-corrected chi connectivity index (χ3v) is 5.77. The number of halogens is 4. The first kappa shape index (κ1) is 25.0. The molecule has 0 saturated carbocycles. The summed E-state index contributed by atoms with van der Waals surface area (Å²) in [6, 6.07) is 5.61. The number of piperazine rings is 1. The van der Waals surface area contributed by atoms with Crippen LogP contribution < -0.4 is 10.2 Å². The molecule has 0 radical (unpaired) electrons. The zero-order valence-corrected chi connectivity index (χ0v) is 20.1. The van der Waals surface area contributed by atoms with Gasteiger partial charge in [0.05, 0.1) is 5.56 Å². The van der Waals surface area contributed by atoms with E-state index in [0.29, 0.717) is 24.7 Å². The number of likely N-dealkylation sites (tertiary alicyclic amines) is 1. The lowest BCUT2D eigenvalue weighted by atomic mass is 10.1. The van der Waals surface area contributed by atoms with Gasteiger partial charge in [-0.1, -0.05) is 13.0 Å². The number of nitrogens with one attached hydrogen (secondary N) is 1. The zero-order valence-electron chi connectivity index (χ0n) is 17.8. The molecule has 30 heavy (non-hydrogen) atoms. The molecule has 9 heteroatoms. The predicted octanol–water partition coefficient (Wildman–Crippen LogP) is 3.75. The highest BCUT2D eigenvalue weighted by molar-refractivity contribution is 14.0. The highest BCUT2D eigenvalue weighted by atomic mass is 127. The molecule has 0 aromatic heterocycles. The number of rotatable bonds is 5. The summed E-state index contributed by atoms with van der Waals surface area (Å²) in [6.07, 6.45) is -3.11. The molecule has 0 spiro atoms. The Balaban J connectivity index is 0.00000320. The first-order valence-electron chi connectivity index (χ1n) is 10.6. The second-order valence-electron chi connectivity index (χ2n) is 7.76. The lowest BCUT2D eigenvalue weighted by Crippen LogP contribution is -2.52. The average molecular weight is 539 g/mol. The fraction of sp³-hybridized carbons (Fsp3) is 0.667. The first-order valence-corrected chi connectivity index (χ1v) is 10.6. The molecule has 2 aliphatic heterocycles. The van der Waals surface area contributed by atoms with Crippen molar-refractivity contribution in [3.05, 3.63) is 29.8 Å². The Labute approximate surface area is 194 Å². The zero-order chi connectivity index (χ0) is 20.9. The van der Waals surface area contributed by atoms with E-state index in [-0.39, 0.29) is 24.0 Å². The second-order valence-corrected chi connectivity index (χ2v) is 7.76. The minimum Gasteiger partial charge on any atom is -0.368 e. The van der Waals surface area contributed by atoms with Gasteiger partial charge < -0.3 is 20.0 Å². The summed E-state index contributed by atoms with van der Waals surface area (Å²) in [5, 5.41) is 3.38. The van der Waals surface area contributed by atoms with Crippen molar-refractivity contribution in [2.45, 2.75) is 26.4 Å². The van der Waals surface area contributed by atoms with Crippen molar-refractivity contribution < 1.29 is 13.2 Å². The van der Waals surface area contributed by atoms with Gasteiger partial charge in [-0.05, 0) is 50.6 Å². The van der Waals surface area contributed by atoms with Crippen LogP contribution in [-0.2, 0) is 6.18 Å². The maximum atomic E-state index is 13.0. The molecular weight excluding hydrogens is 506 g/mol. The summed E-state index contributed by atoms with van der Waals surface area (Å²) in [5.41, 5.74) is 0.0389. The number of benzene rings is 1. The van der Waals surface area contributed by atoms with Gasteiger partial charge >= 0.3 is 6.18 Å². The van der Waals surface area contributed by atoms with E-state index >= 15 is 0 Å². The molecule has 5 nitrogen and oxygen atoms in total. The summed E-state index contributed by atoms with van der Waals surface area (Å²) in [6.45, 7) is 12.1. The summed E-state index contributed by atoms with van der Waals surface area (Å²) >= 11 is 0.